The Hall–Kier alpha value is -0.240. The normalized spacial score (nSPS) is 14.1. The number of ether oxygens (including phenoxy) is 1. The Morgan fingerprint density at radius 1 is 1.60 bits per heavy atom. The summed E-state index contributed by atoms with van der Waals surface area (Å²) in [6, 6.07) is -0.209. The molecule has 7 heteroatoms. The summed E-state index contributed by atoms with van der Waals surface area (Å²) >= 11 is 4.60. The molecule has 0 bridgehead atoms. The lowest BCUT2D eigenvalue weighted by atomic mass is 10.4. The topological polar surface area (TPSA) is 72.6 Å². The molecule has 1 unspecified atom stereocenters. The predicted molar refractivity (Wildman–Crippen MR) is 64.3 cm³/mol. The highest BCUT2D eigenvalue weighted by atomic mass is 32.2. The molecule has 2 N–H and O–H groups in total. The lowest BCUT2D eigenvalue weighted by molar-refractivity contribution is 0.143. The van der Waals surface area contributed by atoms with E-state index in [0.29, 0.717) is 13.2 Å². The molecular weight excluding hydrogens is 236 g/mol. The number of nitrogens with zero attached hydrogens (tertiary/aromatic N) is 1. The summed E-state index contributed by atoms with van der Waals surface area (Å²) in [5.41, 5.74) is 5.24. The largest absolute Gasteiger partial charge is 0.392 e. The Morgan fingerprint density at radius 3 is 2.47 bits per heavy atom. The summed E-state index contributed by atoms with van der Waals surface area (Å²) in [5, 5.41) is 0. The quantitative estimate of drug-likeness (QED) is 0.645. The highest BCUT2D eigenvalue weighted by molar-refractivity contribution is 7.92. The summed E-state index contributed by atoms with van der Waals surface area (Å²) < 4.78 is 29.8. The van der Waals surface area contributed by atoms with E-state index in [9.17, 15) is 8.42 Å². The summed E-state index contributed by atoms with van der Waals surface area (Å²) in [6.45, 7) is 4.28. The van der Waals surface area contributed by atoms with Crippen LogP contribution in [0, 0.1) is 0 Å². The van der Waals surface area contributed by atoms with Crippen LogP contribution in [0.3, 0.4) is 0 Å². The number of hydrogen-bond donors (Lipinski definition) is 1. The van der Waals surface area contributed by atoms with Crippen molar-refractivity contribution in [3.63, 3.8) is 0 Å². The van der Waals surface area contributed by atoms with Crippen LogP contribution in [-0.4, -0.2) is 49.8 Å². The average molecular weight is 254 g/mol. The van der Waals surface area contributed by atoms with E-state index in [2.05, 4.69) is 12.2 Å². The van der Waals surface area contributed by atoms with Crippen LogP contribution in [0.4, 0.5) is 0 Å². The van der Waals surface area contributed by atoms with Gasteiger partial charge in [-0.25, -0.2) is 8.42 Å². The fourth-order valence-electron chi connectivity index (χ4n) is 1.37. The summed E-state index contributed by atoms with van der Waals surface area (Å²) in [4.78, 5) is -0.0157. The Morgan fingerprint density at radius 2 is 2.13 bits per heavy atom. The van der Waals surface area contributed by atoms with E-state index in [1.54, 1.807) is 13.8 Å². The minimum atomic E-state index is -3.41. The predicted octanol–water partition coefficient (Wildman–Crippen LogP) is -0.0409. The molecule has 0 aliphatic rings. The van der Waals surface area contributed by atoms with Gasteiger partial charge in [0, 0.05) is 19.7 Å². The first-order chi connectivity index (χ1) is 6.85. The zero-order valence-electron chi connectivity index (χ0n) is 9.26. The van der Waals surface area contributed by atoms with Crippen LogP contribution in [0.15, 0.2) is 0 Å². The molecule has 0 amide bonds. The zero-order valence-corrected chi connectivity index (χ0v) is 10.9. The van der Waals surface area contributed by atoms with E-state index in [-0.39, 0.29) is 16.8 Å². The first kappa shape index (κ1) is 14.8. The van der Waals surface area contributed by atoms with Crippen LogP contribution in [0.1, 0.15) is 13.8 Å². The maximum atomic E-state index is 11.8. The summed E-state index contributed by atoms with van der Waals surface area (Å²) in [7, 11) is -1.87. The van der Waals surface area contributed by atoms with Crippen LogP contribution >= 0.6 is 12.2 Å². The number of methoxy groups -OCH3 is 1. The van der Waals surface area contributed by atoms with Crippen molar-refractivity contribution in [2.24, 2.45) is 5.73 Å². The van der Waals surface area contributed by atoms with Crippen LogP contribution in [0.25, 0.3) is 0 Å². The summed E-state index contributed by atoms with van der Waals surface area (Å²) in [5.74, 6) is -0.287. The molecule has 0 aromatic heterocycles. The van der Waals surface area contributed by atoms with Gasteiger partial charge in [-0.05, 0) is 6.92 Å². The van der Waals surface area contributed by atoms with E-state index < -0.39 is 10.0 Å². The van der Waals surface area contributed by atoms with Gasteiger partial charge in [0.2, 0.25) is 10.0 Å². The zero-order chi connectivity index (χ0) is 12.1. The van der Waals surface area contributed by atoms with Crippen molar-refractivity contribution in [1.82, 2.24) is 4.31 Å². The standard InChI is InChI=1S/C8H18N2O3S2/c1-4-10(7(2)5-13-3)15(11,12)6-8(9)14/h7H,4-6H2,1-3H3,(H2,9,14). The van der Waals surface area contributed by atoms with E-state index in [1.807, 2.05) is 0 Å². The Bertz CT molecular complexity index is 303. The molecule has 0 radical (unpaired) electrons. The molecule has 0 aromatic rings. The molecule has 0 rings (SSSR count). The van der Waals surface area contributed by atoms with Gasteiger partial charge in [-0.15, -0.1) is 0 Å². The number of thiocarbonyl (C=S) groups is 1. The van der Waals surface area contributed by atoms with Crippen LogP contribution in [-0.2, 0) is 14.8 Å². The number of likely N-dealkylation sites (N-methyl/N-ethyl adjacent to an activating group) is 1. The van der Waals surface area contributed by atoms with Crippen molar-refractivity contribution in [2.75, 3.05) is 26.0 Å². The van der Waals surface area contributed by atoms with Crippen molar-refractivity contribution >= 4 is 27.2 Å². The van der Waals surface area contributed by atoms with Gasteiger partial charge in [0.1, 0.15) is 5.75 Å². The van der Waals surface area contributed by atoms with E-state index in [0.717, 1.165) is 0 Å². The van der Waals surface area contributed by atoms with Crippen LogP contribution < -0.4 is 5.73 Å². The molecule has 0 saturated carbocycles. The SMILES string of the molecule is CCN(C(C)COC)S(=O)(=O)CC(N)=S. The highest BCUT2D eigenvalue weighted by Crippen LogP contribution is 2.07. The Balaban J connectivity index is 4.72. The van der Waals surface area contributed by atoms with Crippen molar-refractivity contribution < 1.29 is 13.2 Å². The molecule has 0 aromatic carbocycles. The fourth-order valence-corrected chi connectivity index (χ4v) is 3.34. The third kappa shape index (κ3) is 4.87. The lowest BCUT2D eigenvalue weighted by Crippen LogP contribution is -2.44. The average Bonchev–Trinajstić information content (AvgIpc) is 2.01. The van der Waals surface area contributed by atoms with Gasteiger partial charge < -0.3 is 10.5 Å². The molecule has 5 nitrogen and oxygen atoms in total. The highest BCUT2D eigenvalue weighted by Gasteiger charge is 2.26. The van der Waals surface area contributed by atoms with Gasteiger partial charge in [0.25, 0.3) is 0 Å². The van der Waals surface area contributed by atoms with Crippen molar-refractivity contribution in [1.29, 1.82) is 0 Å². The first-order valence-corrected chi connectivity index (χ1v) is 6.63. The molecule has 0 heterocycles. The van der Waals surface area contributed by atoms with Crippen LogP contribution in [0.5, 0.6) is 0 Å². The van der Waals surface area contributed by atoms with Crippen molar-refractivity contribution in [2.45, 2.75) is 19.9 Å². The number of hydrogen-bond acceptors (Lipinski definition) is 4. The second-order valence-electron chi connectivity index (χ2n) is 3.23. The van der Waals surface area contributed by atoms with Crippen molar-refractivity contribution in [3.05, 3.63) is 0 Å². The summed E-state index contributed by atoms with van der Waals surface area (Å²) in [6.07, 6.45) is 0. The molecule has 0 saturated heterocycles. The smallest absolute Gasteiger partial charge is 0.220 e. The molecule has 0 aliphatic heterocycles. The van der Waals surface area contributed by atoms with Gasteiger partial charge in [-0.2, -0.15) is 4.31 Å². The second-order valence-corrected chi connectivity index (χ2v) is 5.68. The van der Waals surface area contributed by atoms with Gasteiger partial charge in [0.05, 0.1) is 11.6 Å². The van der Waals surface area contributed by atoms with Gasteiger partial charge in [-0.1, -0.05) is 19.1 Å². The Labute approximate surface area is 96.6 Å². The van der Waals surface area contributed by atoms with Crippen LogP contribution in [0.2, 0.25) is 0 Å². The van der Waals surface area contributed by atoms with Gasteiger partial charge >= 0.3 is 0 Å². The molecule has 0 spiro atoms. The minimum Gasteiger partial charge on any atom is -0.392 e. The second kappa shape index (κ2) is 6.37. The maximum Gasteiger partial charge on any atom is 0.220 e. The third-order valence-electron chi connectivity index (χ3n) is 1.89. The van der Waals surface area contributed by atoms with Gasteiger partial charge in [-0.3, -0.25) is 0 Å². The fraction of sp³-hybridized carbons (Fsp3) is 0.875. The Kier molecular flexibility index (Phi) is 6.26. The van der Waals surface area contributed by atoms with Gasteiger partial charge in [0.15, 0.2) is 0 Å². The number of nitrogens with two attached hydrogens (primary N) is 1. The first-order valence-electron chi connectivity index (χ1n) is 4.61. The molecule has 0 fully saturated rings. The molecule has 15 heavy (non-hydrogen) atoms. The molecular formula is C8H18N2O3S2. The molecule has 0 aliphatic carbocycles. The third-order valence-corrected chi connectivity index (χ3v) is 4.23. The van der Waals surface area contributed by atoms with E-state index in [1.165, 1.54) is 11.4 Å². The maximum absolute atomic E-state index is 11.8. The lowest BCUT2D eigenvalue weighted by Gasteiger charge is -2.26. The van der Waals surface area contributed by atoms with E-state index in [4.69, 9.17) is 10.5 Å². The molecule has 90 valence electrons. The van der Waals surface area contributed by atoms with Crippen molar-refractivity contribution in [3.8, 4) is 0 Å². The minimum absolute atomic E-state index is 0.0157. The number of rotatable bonds is 7. The van der Waals surface area contributed by atoms with E-state index >= 15 is 0 Å². The molecule has 1 atom stereocenters. The number of sulfonamides is 1. The monoisotopic (exact) mass is 254 g/mol.